The van der Waals surface area contributed by atoms with Gasteiger partial charge in [-0.05, 0) is 12.3 Å². The van der Waals surface area contributed by atoms with Crippen molar-refractivity contribution >= 4 is 0 Å². The summed E-state index contributed by atoms with van der Waals surface area (Å²) < 4.78 is 0. The average Bonchev–Trinajstić information content (AvgIpc) is 1.87. The molecule has 0 aliphatic rings. The molecule has 0 aromatic carbocycles. The maximum absolute atomic E-state index is 8.55. The summed E-state index contributed by atoms with van der Waals surface area (Å²) in [6, 6.07) is -0.0139. The van der Waals surface area contributed by atoms with Crippen LogP contribution in [0.1, 0.15) is 26.7 Å². The summed E-state index contributed by atoms with van der Waals surface area (Å²) in [5, 5.41) is 8.55. The molecule has 0 radical (unpaired) electrons. The van der Waals surface area contributed by atoms with Gasteiger partial charge >= 0.3 is 0 Å². The molecule has 0 bridgehead atoms. The van der Waals surface area contributed by atoms with Crippen molar-refractivity contribution in [1.82, 2.24) is 0 Å². The largest absolute Gasteiger partial charge is 0.395 e. The van der Waals surface area contributed by atoms with Crippen LogP contribution in [-0.4, -0.2) is 17.8 Å². The Balaban J connectivity index is 3.22. The highest BCUT2D eigenvalue weighted by Gasteiger charge is 2.04. The van der Waals surface area contributed by atoms with Crippen LogP contribution in [0.15, 0.2) is 0 Å². The zero-order valence-electron chi connectivity index (χ0n) is 6.30. The molecule has 0 aliphatic carbocycles. The van der Waals surface area contributed by atoms with Gasteiger partial charge < -0.3 is 10.8 Å². The molecule has 0 aromatic heterocycles. The molecule has 0 amide bonds. The fourth-order valence-corrected chi connectivity index (χ4v) is 0.758. The van der Waals surface area contributed by atoms with E-state index in [9.17, 15) is 0 Å². The van der Waals surface area contributed by atoms with Crippen LogP contribution >= 0.6 is 0 Å². The van der Waals surface area contributed by atoms with Gasteiger partial charge in [-0.1, -0.05) is 20.3 Å². The molecule has 2 atom stereocenters. The second-order valence-corrected chi connectivity index (χ2v) is 2.69. The minimum Gasteiger partial charge on any atom is -0.395 e. The smallest absolute Gasteiger partial charge is 0.0582 e. The third kappa shape index (κ3) is 4.43. The molecule has 3 N–H and O–H groups in total. The maximum atomic E-state index is 8.55. The van der Waals surface area contributed by atoms with Crippen molar-refractivity contribution in [3.05, 3.63) is 0 Å². The second-order valence-electron chi connectivity index (χ2n) is 2.69. The molecule has 2 nitrogen and oxygen atoms in total. The number of aliphatic hydroxyl groups excluding tert-OH is 1. The van der Waals surface area contributed by atoms with Crippen molar-refractivity contribution < 1.29 is 5.11 Å². The van der Waals surface area contributed by atoms with Crippen molar-refractivity contribution in [3.63, 3.8) is 0 Å². The predicted molar refractivity (Wildman–Crippen MR) is 39.1 cm³/mol. The van der Waals surface area contributed by atoms with E-state index in [-0.39, 0.29) is 12.6 Å². The van der Waals surface area contributed by atoms with Crippen LogP contribution in [0.2, 0.25) is 0 Å². The van der Waals surface area contributed by atoms with E-state index in [0.29, 0.717) is 5.92 Å². The highest BCUT2D eigenvalue weighted by molar-refractivity contribution is 4.62. The Labute approximate surface area is 57.1 Å². The van der Waals surface area contributed by atoms with E-state index in [1.165, 1.54) is 0 Å². The minimum absolute atomic E-state index is 0.0139. The van der Waals surface area contributed by atoms with Gasteiger partial charge in [0.15, 0.2) is 0 Å². The average molecular weight is 131 g/mol. The summed E-state index contributed by atoms with van der Waals surface area (Å²) in [6.45, 7) is 4.40. The monoisotopic (exact) mass is 131 g/mol. The third-order valence-electron chi connectivity index (χ3n) is 1.64. The number of aliphatic hydroxyl groups is 1. The summed E-state index contributed by atoms with van der Waals surface area (Å²) in [5.41, 5.74) is 5.50. The highest BCUT2D eigenvalue weighted by atomic mass is 16.3. The Morgan fingerprint density at radius 1 is 1.56 bits per heavy atom. The Morgan fingerprint density at radius 3 is 2.44 bits per heavy atom. The summed E-state index contributed by atoms with van der Waals surface area (Å²) in [5.74, 6) is 0.646. The van der Waals surface area contributed by atoms with E-state index < -0.39 is 0 Å². The number of hydrogen-bond donors (Lipinski definition) is 2. The van der Waals surface area contributed by atoms with Crippen LogP contribution in [0, 0.1) is 5.92 Å². The van der Waals surface area contributed by atoms with Crippen molar-refractivity contribution in [3.8, 4) is 0 Å². The van der Waals surface area contributed by atoms with Gasteiger partial charge in [-0.15, -0.1) is 0 Å². The quantitative estimate of drug-likeness (QED) is 0.591. The van der Waals surface area contributed by atoms with Crippen molar-refractivity contribution in [2.75, 3.05) is 6.61 Å². The van der Waals surface area contributed by atoms with E-state index in [1.54, 1.807) is 0 Å². The molecule has 56 valence electrons. The van der Waals surface area contributed by atoms with Gasteiger partial charge in [0.1, 0.15) is 0 Å². The highest BCUT2D eigenvalue weighted by Crippen LogP contribution is 2.07. The first-order valence-electron chi connectivity index (χ1n) is 3.57. The summed E-state index contributed by atoms with van der Waals surface area (Å²) in [7, 11) is 0. The van der Waals surface area contributed by atoms with E-state index in [4.69, 9.17) is 10.8 Å². The molecule has 0 unspecified atom stereocenters. The first kappa shape index (κ1) is 8.92. The molecule has 0 spiro atoms. The Bertz CT molecular complexity index is 57.9. The first-order chi connectivity index (χ1) is 4.20. The molecule has 2 heteroatoms. The second kappa shape index (κ2) is 4.77. The molecule has 0 aliphatic heterocycles. The molecule has 0 saturated carbocycles. The minimum atomic E-state index is -0.0139. The van der Waals surface area contributed by atoms with Crippen molar-refractivity contribution in [2.24, 2.45) is 11.7 Å². The predicted octanol–water partition coefficient (Wildman–Crippen LogP) is 0.742. The number of rotatable bonds is 4. The van der Waals surface area contributed by atoms with Gasteiger partial charge in [0.25, 0.3) is 0 Å². The molecule has 0 fully saturated rings. The van der Waals surface area contributed by atoms with Gasteiger partial charge in [0, 0.05) is 6.04 Å². The lowest BCUT2D eigenvalue weighted by molar-refractivity contribution is 0.246. The lowest BCUT2D eigenvalue weighted by Gasteiger charge is -2.12. The molecular formula is C7H17NO. The van der Waals surface area contributed by atoms with E-state index in [1.807, 2.05) is 0 Å². The van der Waals surface area contributed by atoms with Crippen LogP contribution in [0.25, 0.3) is 0 Å². The molecule has 0 saturated heterocycles. The fraction of sp³-hybridized carbons (Fsp3) is 1.00. The Morgan fingerprint density at radius 2 is 2.11 bits per heavy atom. The Kier molecular flexibility index (Phi) is 4.72. The van der Waals surface area contributed by atoms with Crippen LogP contribution in [0.3, 0.4) is 0 Å². The zero-order valence-corrected chi connectivity index (χ0v) is 6.30. The summed E-state index contributed by atoms with van der Waals surface area (Å²) in [6.07, 6.45) is 2.08. The molecule has 0 rings (SSSR count). The van der Waals surface area contributed by atoms with Gasteiger partial charge in [0.05, 0.1) is 6.61 Å². The summed E-state index contributed by atoms with van der Waals surface area (Å²) >= 11 is 0. The standard InChI is InChI=1S/C7H17NO/c1-3-6(2)4-7(8)5-9/h6-7,9H,3-5,8H2,1-2H3/t6-,7+/m1/s1. The molecule has 9 heavy (non-hydrogen) atoms. The zero-order chi connectivity index (χ0) is 7.28. The van der Waals surface area contributed by atoms with E-state index in [0.717, 1.165) is 12.8 Å². The van der Waals surface area contributed by atoms with Crippen LogP contribution in [-0.2, 0) is 0 Å². The SMILES string of the molecule is CC[C@@H](C)C[C@H](N)CO. The summed E-state index contributed by atoms with van der Waals surface area (Å²) in [4.78, 5) is 0. The lowest BCUT2D eigenvalue weighted by atomic mass is 10.0. The fourth-order valence-electron chi connectivity index (χ4n) is 0.758. The van der Waals surface area contributed by atoms with Gasteiger partial charge in [-0.25, -0.2) is 0 Å². The van der Waals surface area contributed by atoms with Crippen molar-refractivity contribution in [1.29, 1.82) is 0 Å². The number of hydrogen-bond acceptors (Lipinski definition) is 2. The van der Waals surface area contributed by atoms with Gasteiger partial charge in [0.2, 0.25) is 0 Å². The number of nitrogens with two attached hydrogens (primary N) is 1. The van der Waals surface area contributed by atoms with Crippen LogP contribution in [0.5, 0.6) is 0 Å². The Hall–Kier alpha value is -0.0800. The van der Waals surface area contributed by atoms with Gasteiger partial charge in [-0.2, -0.15) is 0 Å². The van der Waals surface area contributed by atoms with E-state index >= 15 is 0 Å². The maximum Gasteiger partial charge on any atom is 0.0582 e. The molecule has 0 heterocycles. The van der Waals surface area contributed by atoms with E-state index in [2.05, 4.69) is 13.8 Å². The normalized spacial score (nSPS) is 17.3. The lowest BCUT2D eigenvalue weighted by Crippen LogP contribution is -2.26. The van der Waals surface area contributed by atoms with Crippen molar-refractivity contribution in [2.45, 2.75) is 32.7 Å². The first-order valence-corrected chi connectivity index (χ1v) is 3.57. The third-order valence-corrected chi connectivity index (χ3v) is 1.64. The van der Waals surface area contributed by atoms with Gasteiger partial charge in [-0.3, -0.25) is 0 Å². The molecular weight excluding hydrogens is 114 g/mol. The molecule has 0 aromatic rings. The topological polar surface area (TPSA) is 46.2 Å². The van der Waals surface area contributed by atoms with Crippen LogP contribution < -0.4 is 5.73 Å². The van der Waals surface area contributed by atoms with Crippen LogP contribution in [0.4, 0.5) is 0 Å².